The van der Waals surface area contributed by atoms with Crippen LogP contribution in [0.3, 0.4) is 0 Å². The SMILES string of the molecule is COC(C(=O)O[C@H]1C=C[C@@H](OC(C)=O)C[C@@H](NC(=O)OCc2ccccc2)C1)(c1ccccc1)C(F)(F)F. The molecule has 38 heavy (non-hydrogen) atoms. The largest absolute Gasteiger partial charge is 0.458 e. The van der Waals surface area contributed by atoms with Crippen molar-refractivity contribution in [2.24, 2.45) is 0 Å². The minimum atomic E-state index is -5.15. The maximum Gasteiger partial charge on any atom is 0.432 e. The van der Waals surface area contributed by atoms with E-state index in [1.165, 1.54) is 37.3 Å². The van der Waals surface area contributed by atoms with Crippen LogP contribution in [0, 0.1) is 0 Å². The molecule has 1 N–H and O–H groups in total. The van der Waals surface area contributed by atoms with Gasteiger partial charge in [0.1, 0.15) is 18.8 Å². The van der Waals surface area contributed by atoms with E-state index in [1.807, 2.05) is 6.07 Å². The van der Waals surface area contributed by atoms with Gasteiger partial charge in [-0.3, -0.25) is 4.79 Å². The van der Waals surface area contributed by atoms with Crippen molar-refractivity contribution in [3.05, 3.63) is 83.9 Å². The zero-order valence-electron chi connectivity index (χ0n) is 20.8. The Bertz CT molecular complexity index is 1120. The molecule has 1 unspecified atom stereocenters. The summed E-state index contributed by atoms with van der Waals surface area (Å²) in [6, 6.07) is 14.6. The lowest BCUT2D eigenvalue weighted by atomic mass is 9.92. The first-order valence-corrected chi connectivity index (χ1v) is 11.8. The number of alkyl halides is 3. The predicted octanol–water partition coefficient (Wildman–Crippen LogP) is 4.58. The molecule has 11 heteroatoms. The fourth-order valence-electron chi connectivity index (χ4n) is 4.11. The van der Waals surface area contributed by atoms with Crippen molar-refractivity contribution in [1.82, 2.24) is 5.32 Å². The number of ether oxygens (including phenoxy) is 4. The lowest BCUT2D eigenvalue weighted by Crippen LogP contribution is -2.52. The van der Waals surface area contributed by atoms with Crippen molar-refractivity contribution in [1.29, 1.82) is 0 Å². The lowest BCUT2D eigenvalue weighted by Gasteiger charge is -2.33. The van der Waals surface area contributed by atoms with Crippen LogP contribution in [-0.4, -0.2) is 49.6 Å². The monoisotopic (exact) mass is 535 g/mol. The van der Waals surface area contributed by atoms with E-state index in [0.717, 1.165) is 24.8 Å². The Morgan fingerprint density at radius 2 is 1.45 bits per heavy atom. The number of hydrogen-bond donors (Lipinski definition) is 1. The molecule has 204 valence electrons. The first kappa shape index (κ1) is 28.7. The minimum absolute atomic E-state index is 0.0115. The molecule has 3 rings (SSSR count). The summed E-state index contributed by atoms with van der Waals surface area (Å²) in [5.41, 5.74) is -3.07. The number of carbonyl (C=O) groups excluding carboxylic acids is 3. The standard InChI is InChI=1S/C27H28F3NO7/c1-18(32)37-22-13-14-23(16-21(15-22)31-25(34)36-17-19-9-5-3-6-10-19)38-24(33)26(35-2,27(28,29)30)20-11-7-4-8-12-20/h3-14,21-23H,15-17H2,1-2H3,(H,31,34)/t21-,22-,23+,26?/m1/s1. The van der Waals surface area contributed by atoms with Crippen molar-refractivity contribution in [3.8, 4) is 0 Å². The second-order valence-corrected chi connectivity index (χ2v) is 8.60. The van der Waals surface area contributed by atoms with Gasteiger partial charge in [-0.15, -0.1) is 0 Å². The molecule has 2 aromatic rings. The van der Waals surface area contributed by atoms with Gasteiger partial charge in [0.15, 0.2) is 0 Å². The summed E-state index contributed by atoms with van der Waals surface area (Å²) < 4.78 is 63.3. The number of halogens is 3. The van der Waals surface area contributed by atoms with Gasteiger partial charge >= 0.3 is 24.2 Å². The number of hydrogen-bond acceptors (Lipinski definition) is 7. The van der Waals surface area contributed by atoms with E-state index < -0.39 is 53.6 Å². The van der Waals surface area contributed by atoms with Gasteiger partial charge in [-0.1, -0.05) is 60.7 Å². The average Bonchev–Trinajstić information content (AvgIpc) is 3.04. The van der Waals surface area contributed by atoms with Gasteiger partial charge in [0.05, 0.1) is 0 Å². The van der Waals surface area contributed by atoms with Crippen LogP contribution >= 0.6 is 0 Å². The first-order chi connectivity index (χ1) is 18.0. The van der Waals surface area contributed by atoms with E-state index >= 15 is 0 Å². The highest BCUT2D eigenvalue weighted by Crippen LogP contribution is 2.43. The van der Waals surface area contributed by atoms with E-state index in [0.29, 0.717) is 0 Å². The van der Waals surface area contributed by atoms with Crippen LogP contribution in [0.4, 0.5) is 18.0 Å². The highest BCUT2D eigenvalue weighted by atomic mass is 19.4. The highest BCUT2D eigenvalue weighted by molar-refractivity contribution is 5.83. The molecule has 0 saturated heterocycles. The Morgan fingerprint density at radius 3 is 1.97 bits per heavy atom. The van der Waals surface area contributed by atoms with Crippen LogP contribution in [0.2, 0.25) is 0 Å². The number of esters is 2. The summed E-state index contributed by atoms with van der Waals surface area (Å²) in [6.07, 6.45) is -5.26. The fraction of sp³-hybridized carbons (Fsp3) is 0.370. The molecule has 1 amide bonds. The Morgan fingerprint density at radius 1 is 0.895 bits per heavy atom. The number of nitrogens with one attached hydrogen (secondary N) is 1. The normalized spacial score (nSPS) is 20.9. The molecule has 8 nitrogen and oxygen atoms in total. The molecule has 0 spiro atoms. The third kappa shape index (κ3) is 7.12. The van der Waals surface area contributed by atoms with Crippen LogP contribution in [0.15, 0.2) is 72.8 Å². The minimum Gasteiger partial charge on any atom is -0.458 e. The van der Waals surface area contributed by atoms with Gasteiger partial charge in [-0.05, 0) is 17.7 Å². The smallest absolute Gasteiger partial charge is 0.432 e. The Kier molecular flexibility index (Phi) is 9.51. The Balaban J connectivity index is 1.78. The van der Waals surface area contributed by atoms with Gasteiger partial charge in [0.25, 0.3) is 5.60 Å². The van der Waals surface area contributed by atoms with E-state index in [-0.39, 0.29) is 19.4 Å². The van der Waals surface area contributed by atoms with Crippen molar-refractivity contribution >= 4 is 18.0 Å². The molecular weight excluding hydrogens is 507 g/mol. The number of methoxy groups -OCH3 is 1. The molecule has 0 saturated carbocycles. The van der Waals surface area contributed by atoms with Crippen LogP contribution in [0.5, 0.6) is 0 Å². The Labute approximate surface area is 217 Å². The molecule has 0 bridgehead atoms. The fourth-order valence-corrected chi connectivity index (χ4v) is 4.11. The van der Waals surface area contributed by atoms with E-state index in [4.69, 9.17) is 18.9 Å². The van der Waals surface area contributed by atoms with E-state index in [1.54, 1.807) is 24.3 Å². The molecule has 0 aliphatic heterocycles. The van der Waals surface area contributed by atoms with E-state index in [9.17, 15) is 27.6 Å². The molecule has 0 heterocycles. The summed E-state index contributed by atoms with van der Waals surface area (Å²) in [6.45, 7) is 1.19. The lowest BCUT2D eigenvalue weighted by molar-refractivity contribution is -0.277. The Hall–Kier alpha value is -3.86. The molecule has 1 aliphatic rings. The van der Waals surface area contributed by atoms with Crippen molar-refractivity contribution in [3.63, 3.8) is 0 Å². The zero-order valence-corrected chi connectivity index (χ0v) is 20.8. The third-order valence-electron chi connectivity index (χ3n) is 5.86. The van der Waals surface area contributed by atoms with Gasteiger partial charge < -0.3 is 24.3 Å². The van der Waals surface area contributed by atoms with E-state index in [2.05, 4.69) is 5.32 Å². The van der Waals surface area contributed by atoms with Gasteiger partial charge in [-0.25, -0.2) is 9.59 Å². The highest BCUT2D eigenvalue weighted by Gasteiger charge is 2.64. The molecular formula is C27H28F3NO7. The molecule has 4 atom stereocenters. The van der Waals surface area contributed by atoms with Crippen LogP contribution < -0.4 is 5.32 Å². The van der Waals surface area contributed by atoms with Crippen LogP contribution in [0.25, 0.3) is 0 Å². The molecule has 1 aliphatic carbocycles. The number of alkyl carbamates (subject to hydrolysis) is 1. The topological polar surface area (TPSA) is 100 Å². The van der Waals surface area contributed by atoms with Crippen LogP contribution in [-0.2, 0) is 40.7 Å². The zero-order chi connectivity index (χ0) is 27.8. The summed E-state index contributed by atoms with van der Waals surface area (Å²) >= 11 is 0. The maximum atomic E-state index is 14.3. The second kappa shape index (κ2) is 12.6. The van der Waals surface area contributed by atoms with Crippen LogP contribution in [0.1, 0.15) is 30.9 Å². The molecule has 0 fully saturated rings. The number of amides is 1. The van der Waals surface area contributed by atoms with Gasteiger partial charge in [0, 0.05) is 38.5 Å². The summed E-state index contributed by atoms with van der Waals surface area (Å²) in [5.74, 6) is -2.27. The van der Waals surface area contributed by atoms with Crippen molar-refractivity contribution in [2.45, 2.75) is 56.4 Å². The molecule has 0 radical (unpaired) electrons. The summed E-state index contributed by atoms with van der Waals surface area (Å²) in [5, 5.41) is 2.61. The molecule has 2 aromatic carbocycles. The predicted molar refractivity (Wildman–Crippen MR) is 129 cm³/mol. The third-order valence-corrected chi connectivity index (χ3v) is 5.86. The number of rotatable bonds is 8. The van der Waals surface area contributed by atoms with Crippen molar-refractivity contribution < 1.29 is 46.5 Å². The maximum absolute atomic E-state index is 14.3. The summed E-state index contributed by atoms with van der Waals surface area (Å²) in [4.78, 5) is 37.0. The molecule has 0 aromatic heterocycles. The quantitative estimate of drug-likeness (QED) is 0.300. The number of benzene rings is 2. The first-order valence-electron chi connectivity index (χ1n) is 11.8. The number of carbonyl (C=O) groups is 3. The van der Waals surface area contributed by atoms with Crippen molar-refractivity contribution in [2.75, 3.05) is 7.11 Å². The van der Waals surface area contributed by atoms with Gasteiger partial charge in [0.2, 0.25) is 0 Å². The second-order valence-electron chi connectivity index (χ2n) is 8.60. The van der Waals surface area contributed by atoms with Gasteiger partial charge in [-0.2, -0.15) is 13.2 Å². The average molecular weight is 536 g/mol. The summed E-state index contributed by atoms with van der Waals surface area (Å²) in [7, 11) is 0.772.